The topological polar surface area (TPSA) is 69.6 Å². The number of carbonyl (C=O) groups excluding carboxylic acids is 1. The maximum absolute atomic E-state index is 13.2. The Morgan fingerprint density at radius 3 is 2.52 bits per heavy atom. The molecular weight excluding hydrogens is 371 g/mol. The van der Waals surface area contributed by atoms with Crippen LogP contribution in [0.15, 0.2) is 48.5 Å². The maximum Gasteiger partial charge on any atom is 0.407 e. The molecule has 0 aromatic heterocycles. The van der Waals surface area contributed by atoms with E-state index in [0.717, 1.165) is 29.5 Å². The van der Waals surface area contributed by atoms with E-state index in [2.05, 4.69) is 5.32 Å². The predicted octanol–water partition coefficient (Wildman–Crippen LogP) is 4.10. The van der Waals surface area contributed by atoms with Crippen LogP contribution in [0.2, 0.25) is 0 Å². The quantitative estimate of drug-likeness (QED) is 0.772. The van der Waals surface area contributed by atoms with Crippen molar-refractivity contribution in [1.29, 1.82) is 0 Å². The zero-order chi connectivity index (χ0) is 20.5. The SMILES string of the molecule is C[C@H](C(=O)N[C@H]1Cc2ccccc2[C@@H]1N(CC1CC1)C(=O)O)c1ccc(F)cc1. The van der Waals surface area contributed by atoms with Crippen molar-refractivity contribution in [2.24, 2.45) is 5.92 Å². The highest BCUT2D eigenvalue weighted by Crippen LogP contribution is 2.39. The van der Waals surface area contributed by atoms with Gasteiger partial charge in [0.15, 0.2) is 0 Å². The molecule has 2 N–H and O–H groups in total. The van der Waals surface area contributed by atoms with Crippen molar-refractivity contribution < 1.29 is 19.1 Å². The number of nitrogens with zero attached hydrogens (tertiary/aromatic N) is 1. The third kappa shape index (κ3) is 4.11. The summed E-state index contributed by atoms with van der Waals surface area (Å²) in [5, 5.41) is 13.0. The second-order valence-electron chi connectivity index (χ2n) is 8.11. The minimum atomic E-state index is -0.954. The fraction of sp³-hybridized carbons (Fsp3) is 0.391. The van der Waals surface area contributed by atoms with Crippen molar-refractivity contribution in [3.63, 3.8) is 0 Å². The first-order chi connectivity index (χ1) is 13.9. The van der Waals surface area contributed by atoms with Crippen LogP contribution in [0.5, 0.6) is 0 Å². The van der Waals surface area contributed by atoms with Crippen LogP contribution in [0.4, 0.5) is 9.18 Å². The normalized spacial score (nSPS) is 21.3. The predicted molar refractivity (Wildman–Crippen MR) is 107 cm³/mol. The van der Waals surface area contributed by atoms with Gasteiger partial charge in [0.25, 0.3) is 0 Å². The van der Waals surface area contributed by atoms with Crippen LogP contribution < -0.4 is 5.32 Å². The Bertz CT molecular complexity index is 911. The summed E-state index contributed by atoms with van der Waals surface area (Å²) in [6.45, 7) is 2.27. The largest absolute Gasteiger partial charge is 0.465 e. The van der Waals surface area contributed by atoms with Crippen LogP contribution in [0.25, 0.3) is 0 Å². The highest BCUT2D eigenvalue weighted by Gasteiger charge is 2.41. The number of hydrogen-bond donors (Lipinski definition) is 2. The van der Waals surface area contributed by atoms with E-state index >= 15 is 0 Å². The summed E-state index contributed by atoms with van der Waals surface area (Å²) in [7, 11) is 0. The Hall–Kier alpha value is -2.89. The molecule has 2 aromatic carbocycles. The average Bonchev–Trinajstić information content (AvgIpc) is 3.46. The number of benzene rings is 2. The molecule has 152 valence electrons. The van der Waals surface area contributed by atoms with E-state index in [-0.39, 0.29) is 17.8 Å². The molecule has 1 fully saturated rings. The Kier molecular flexibility index (Phi) is 5.26. The van der Waals surface area contributed by atoms with Gasteiger partial charge in [-0.1, -0.05) is 36.4 Å². The summed E-state index contributed by atoms with van der Waals surface area (Å²) in [5.41, 5.74) is 2.76. The molecule has 4 rings (SSSR count). The van der Waals surface area contributed by atoms with E-state index in [1.54, 1.807) is 19.1 Å². The van der Waals surface area contributed by atoms with Gasteiger partial charge >= 0.3 is 6.09 Å². The number of carboxylic acid groups (broad SMARTS) is 1. The molecule has 6 heteroatoms. The van der Waals surface area contributed by atoms with Gasteiger partial charge in [-0.2, -0.15) is 0 Å². The molecule has 0 heterocycles. The molecule has 29 heavy (non-hydrogen) atoms. The number of halogens is 1. The number of hydrogen-bond acceptors (Lipinski definition) is 2. The number of rotatable bonds is 6. The van der Waals surface area contributed by atoms with Gasteiger partial charge in [0.2, 0.25) is 5.91 Å². The van der Waals surface area contributed by atoms with Crippen molar-refractivity contribution in [3.05, 3.63) is 71.0 Å². The standard InChI is InChI=1S/C23H25FN2O3/c1-14(16-8-10-18(24)11-9-16)22(27)25-20-12-17-4-2-3-5-19(17)21(20)26(23(28)29)13-15-6-7-15/h2-5,8-11,14-15,20-21H,6-7,12-13H2,1H3,(H,25,27)(H,28,29)/t14-,20-,21-/m0/s1. The lowest BCUT2D eigenvalue weighted by Gasteiger charge is -2.32. The Labute approximate surface area is 169 Å². The molecule has 2 aliphatic carbocycles. The van der Waals surface area contributed by atoms with E-state index in [0.29, 0.717) is 18.9 Å². The minimum Gasteiger partial charge on any atom is -0.465 e. The number of amides is 2. The molecular formula is C23H25FN2O3. The fourth-order valence-corrected chi connectivity index (χ4v) is 4.19. The summed E-state index contributed by atoms with van der Waals surface area (Å²) in [6, 6.07) is 13.0. The van der Waals surface area contributed by atoms with Gasteiger partial charge < -0.3 is 10.4 Å². The van der Waals surface area contributed by atoms with Crippen molar-refractivity contribution in [2.75, 3.05) is 6.54 Å². The maximum atomic E-state index is 13.2. The molecule has 0 radical (unpaired) electrons. The van der Waals surface area contributed by atoms with Crippen LogP contribution in [0.1, 0.15) is 48.4 Å². The van der Waals surface area contributed by atoms with Crippen LogP contribution in [0.3, 0.4) is 0 Å². The number of carbonyl (C=O) groups is 2. The molecule has 3 atom stereocenters. The van der Waals surface area contributed by atoms with Gasteiger partial charge in [0.1, 0.15) is 5.82 Å². The summed E-state index contributed by atoms with van der Waals surface area (Å²) >= 11 is 0. The Morgan fingerprint density at radius 2 is 1.86 bits per heavy atom. The monoisotopic (exact) mass is 396 g/mol. The summed E-state index contributed by atoms with van der Waals surface area (Å²) < 4.78 is 13.2. The van der Waals surface area contributed by atoms with E-state index in [1.807, 2.05) is 24.3 Å². The second-order valence-corrected chi connectivity index (χ2v) is 8.11. The fourth-order valence-electron chi connectivity index (χ4n) is 4.19. The van der Waals surface area contributed by atoms with Crippen molar-refractivity contribution in [3.8, 4) is 0 Å². The van der Waals surface area contributed by atoms with Gasteiger partial charge in [-0.25, -0.2) is 9.18 Å². The zero-order valence-corrected chi connectivity index (χ0v) is 16.3. The molecule has 2 amide bonds. The molecule has 2 aromatic rings. The van der Waals surface area contributed by atoms with E-state index in [1.165, 1.54) is 17.0 Å². The highest BCUT2D eigenvalue weighted by molar-refractivity contribution is 5.83. The molecule has 5 nitrogen and oxygen atoms in total. The van der Waals surface area contributed by atoms with Gasteiger partial charge in [-0.15, -0.1) is 0 Å². The van der Waals surface area contributed by atoms with Gasteiger partial charge in [-0.3, -0.25) is 9.69 Å². The first kappa shape index (κ1) is 19.4. The van der Waals surface area contributed by atoms with Crippen LogP contribution in [0, 0.1) is 11.7 Å². The van der Waals surface area contributed by atoms with Crippen LogP contribution in [-0.2, 0) is 11.2 Å². The minimum absolute atomic E-state index is 0.184. The summed E-state index contributed by atoms with van der Waals surface area (Å²) in [4.78, 5) is 26.5. The lowest BCUT2D eigenvalue weighted by molar-refractivity contribution is -0.123. The second kappa shape index (κ2) is 7.85. The Morgan fingerprint density at radius 1 is 1.17 bits per heavy atom. The average molecular weight is 396 g/mol. The molecule has 0 spiro atoms. The lowest BCUT2D eigenvalue weighted by Crippen LogP contribution is -2.47. The van der Waals surface area contributed by atoms with Crippen LogP contribution in [-0.4, -0.2) is 34.6 Å². The van der Waals surface area contributed by atoms with E-state index in [9.17, 15) is 19.1 Å². The Balaban J connectivity index is 1.56. The number of fused-ring (bicyclic) bond motifs is 1. The first-order valence-corrected chi connectivity index (χ1v) is 10.1. The van der Waals surface area contributed by atoms with Gasteiger partial charge in [0.05, 0.1) is 18.0 Å². The molecule has 0 aliphatic heterocycles. The third-order valence-corrected chi connectivity index (χ3v) is 6.02. The first-order valence-electron chi connectivity index (χ1n) is 10.1. The smallest absolute Gasteiger partial charge is 0.407 e. The molecule has 2 aliphatic rings. The number of nitrogens with one attached hydrogen (secondary N) is 1. The lowest BCUT2D eigenvalue weighted by atomic mass is 9.99. The van der Waals surface area contributed by atoms with Gasteiger partial charge in [0, 0.05) is 6.54 Å². The molecule has 0 bridgehead atoms. The van der Waals surface area contributed by atoms with Crippen molar-refractivity contribution >= 4 is 12.0 Å². The highest BCUT2D eigenvalue weighted by atomic mass is 19.1. The van der Waals surface area contributed by atoms with Crippen LogP contribution >= 0.6 is 0 Å². The molecule has 1 saturated carbocycles. The summed E-state index contributed by atoms with van der Waals surface area (Å²) in [6.07, 6.45) is 1.74. The van der Waals surface area contributed by atoms with Gasteiger partial charge in [-0.05, 0) is 60.9 Å². The van der Waals surface area contributed by atoms with E-state index in [4.69, 9.17) is 0 Å². The molecule has 0 saturated heterocycles. The van der Waals surface area contributed by atoms with E-state index < -0.39 is 18.1 Å². The zero-order valence-electron chi connectivity index (χ0n) is 16.3. The summed E-state index contributed by atoms with van der Waals surface area (Å²) in [5.74, 6) is -0.573. The molecule has 0 unspecified atom stereocenters. The van der Waals surface area contributed by atoms with Crippen molar-refractivity contribution in [2.45, 2.75) is 44.2 Å². The van der Waals surface area contributed by atoms with Crippen molar-refractivity contribution in [1.82, 2.24) is 10.2 Å². The third-order valence-electron chi connectivity index (χ3n) is 6.02.